The number of nitrogens with zero attached hydrogens (tertiary/aromatic N) is 2. The number of aromatic nitrogens is 2. The van der Waals surface area contributed by atoms with Gasteiger partial charge in [0.25, 0.3) is 5.91 Å². The maximum absolute atomic E-state index is 13.2. The van der Waals surface area contributed by atoms with Crippen LogP contribution in [0.1, 0.15) is 33.5 Å². The van der Waals surface area contributed by atoms with Crippen molar-refractivity contribution in [3.8, 4) is 5.75 Å². The Kier molecular flexibility index (Phi) is 5.03. The lowest BCUT2D eigenvalue weighted by Gasteiger charge is -2.19. The molecule has 0 saturated heterocycles. The Hall–Kier alpha value is -3.25. The second-order valence-electron chi connectivity index (χ2n) is 6.78. The highest BCUT2D eigenvalue weighted by atomic mass is 35.5. The Labute approximate surface area is 173 Å². The van der Waals surface area contributed by atoms with Gasteiger partial charge in [0, 0.05) is 35.4 Å². The van der Waals surface area contributed by atoms with Crippen molar-refractivity contribution in [1.82, 2.24) is 14.9 Å². The van der Waals surface area contributed by atoms with Gasteiger partial charge in [-0.25, -0.2) is 4.98 Å². The van der Waals surface area contributed by atoms with Gasteiger partial charge in [-0.1, -0.05) is 23.7 Å². The Bertz CT molecular complexity index is 1200. The normalized spacial score (nSPS) is 12.1. The summed E-state index contributed by atoms with van der Waals surface area (Å²) in [7, 11) is 3.49. The molecule has 0 spiro atoms. The average molecular weight is 410 g/mol. The molecule has 7 heteroatoms. The molecular weight excluding hydrogens is 390 g/mol. The molecule has 1 N–H and O–H groups in total. The number of hydrogen-bond acceptors (Lipinski definition) is 4. The highest BCUT2D eigenvalue weighted by Crippen LogP contribution is 2.29. The summed E-state index contributed by atoms with van der Waals surface area (Å²) in [6.45, 7) is 1.85. The monoisotopic (exact) mass is 409 g/mol. The van der Waals surface area contributed by atoms with E-state index in [2.05, 4.69) is 10.3 Å². The molecule has 0 aliphatic heterocycles. The summed E-state index contributed by atoms with van der Waals surface area (Å²) in [4.78, 5) is 17.6. The molecule has 0 fully saturated rings. The fraction of sp³-hybridized carbons (Fsp3) is 0.182. The van der Waals surface area contributed by atoms with Crippen molar-refractivity contribution in [2.45, 2.75) is 13.0 Å². The van der Waals surface area contributed by atoms with Gasteiger partial charge in [0.15, 0.2) is 5.76 Å². The van der Waals surface area contributed by atoms with Crippen LogP contribution >= 0.6 is 11.6 Å². The minimum atomic E-state index is -0.478. The second-order valence-corrected chi connectivity index (χ2v) is 7.21. The van der Waals surface area contributed by atoms with Crippen LogP contribution < -0.4 is 10.1 Å². The van der Waals surface area contributed by atoms with Crippen molar-refractivity contribution in [2.24, 2.45) is 7.05 Å². The molecule has 0 bridgehead atoms. The summed E-state index contributed by atoms with van der Waals surface area (Å²) >= 11 is 6.09. The first kappa shape index (κ1) is 19.1. The van der Waals surface area contributed by atoms with Crippen molar-refractivity contribution in [3.63, 3.8) is 0 Å². The number of imidazole rings is 1. The molecule has 0 saturated carbocycles. The van der Waals surface area contributed by atoms with Gasteiger partial charge < -0.3 is 19.0 Å². The third kappa shape index (κ3) is 3.59. The van der Waals surface area contributed by atoms with Gasteiger partial charge in [0.1, 0.15) is 23.2 Å². The standard InChI is InChI=1S/C22H20ClN3O3/c1-13-17-12-15(23)7-8-18(17)29-20(13)22(27)25-19(21-24-9-10-26(21)2)14-5-4-6-16(11-14)28-3/h4-12,19H,1-3H3,(H,25,27). The lowest BCUT2D eigenvalue weighted by Crippen LogP contribution is -2.31. The molecule has 4 rings (SSSR count). The molecular formula is C22H20ClN3O3. The average Bonchev–Trinajstić information content (AvgIpc) is 3.29. The maximum Gasteiger partial charge on any atom is 0.288 e. The predicted molar refractivity (Wildman–Crippen MR) is 111 cm³/mol. The second kappa shape index (κ2) is 7.64. The first-order chi connectivity index (χ1) is 14.0. The highest BCUT2D eigenvalue weighted by molar-refractivity contribution is 6.31. The quantitative estimate of drug-likeness (QED) is 0.520. The molecule has 4 aromatic rings. The lowest BCUT2D eigenvalue weighted by atomic mass is 10.0. The number of nitrogens with one attached hydrogen (secondary N) is 1. The molecule has 0 radical (unpaired) electrons. The Morgan fingerprint density at radius 2 is 2.10 bits per heavy atom. The summed E-state index contributed by atoms with van der Waals surface area (Å²) < 4.78 is 13.0. The zero-order valence-electron chi connectivity index (χ0n) is 16.3. The molecule has 0 aliphatic carbocycles. The van der Waals surface area contributed by atoms with Crippen molar-refractivity contribution in [3.05, 3.63) is 82.6 Å². The molecule has 29 heavy (non-hydrogen) atoms. The van der Waals surface area contributed by atoms with Crippen LogP contribution in [-0.2, 0) is 7.05 Å². The van der Waals surface area contributed by atoms with E-state index in [1.807, 2.05) is 49.0 Å². The van der Waals surface area contributed by atoms with Crippen molar-refractivity contribution < 1.29 is 13.9 Å². The van der Waals surface area contributed by atoms with Gasteiger partial charge in [-0.15, -0.1) is 0 Å². The minimum absolute atomic E-state index is 0.254. The van der Waals surface area contributed by atoms with E-state index in [1.165, 1.54) is 0 Å². The van der Waals surface area contributed by atoms with E-state index in [0.29, 0.717) is 22.2 Å². The third-order valence-electron chi connectivity index (χ3n) is 4.92. The summed E-state index contributed by atoms with van der Waals surface area (Å²) in [5.41, 5.74) is 2.21. The summed E-state index contributed by atoms with van der Waals surface area (Å²) in [6.07, 6.45) is 3.53. The van der Waals surface area contributed by atoms with E-state index < -0.39 is 6.04 Å². The molecule has 0 aliphatic rings. The predicted octanol–water partition coefficient (Wildman–Crippen LogP) is 4.66. The number of aryl methyl sites for hydroxylation is 2. The number of furan rings is 1. The molecule has 1 unspecified atom stereocenters. The molecule has 2 aromatic carbocycles. The number of rotatable bonds is 5. The van der Waals surface area contributed by atoms with Gasteiger partial charge in [-0.3, -0.25) is 4.79 Å². The lowest BCUT2D eigenvalue weighted by molar-refractivity contribution is 0.0914. The van der Waals surface area contributed by atoms with E-state index in [9.17, 15) is 4.79 Å². The minimum Gasteiger partial charge on any atom is -0.497 e. The number of hydrogen-bond donors (Lipinski definition) is 1. The van der Waals surface area contributed by atoms with E-state index in [-0.39, 0.29) is 11.7 Å². The number of methoxy groups -OCH3 is 1. The fourth-order valence-electron chi connectivity index (χ4n) is 3.38. The first-order valence-corrected chi connectivity index (χ1v) is 9.46. The largest absolute Gasteiger partial charge is 0.497 e. The zero-order chi connectivity index (χ0) is 20.5. The van der Waals surface area contributed by atoms with Crippen molar-refractivity contribution >= 4 is 28.5 Å². The highest BCUT2D eigenvalue weighted by Gasteiger charge is 2.25. The number of fused-ring (bicyclic) bond motifs is 1. The molecule has 2 heterocycles. The van der Waals surface area contributed by atoms with Crippen LogP contribution in [0.15, 0.2) is 59.3 Å². The van der Waals surface area contributed by atoms with Crippen molar-refractivity contribution in [2.75, 3.05) is 7.11 Å². The number of halogens is 1. The Balaban J connectivity index is 1.74. The van der Waals surface area contributed by atoms with Gasteiger partial charge in [-0.05, 0) is 42.8 Å². The van der Waals surface area contributed by atoms with Gasteiger partial charge in [0.2, 0.25) is 0 Å². The number of benzene rings is 2. The number of ether oxygens (including phenoxy) is 1. The van der Waals surface area contributed by atoms with Crippen LogP contribution in [-0.4, -0.2) is 22.6 Å². The van der Waals surface area contributed by atoms with Gasteiger partial charge >= 0.3 is 0 Å². The summed E-state index contributed by atoms with van der Waals surface area (Å²) in [5, 5.41) is 4.47. The zero-order valence-corrected chi connectivity index (χ0v) is 17.0. The number of carbonyl (C=O) groups excluding carboxylic acids is 1. The topological polar surface area (TPSA) is 69.3 Å². The maximum atomic E-state index is 13.2. The number of carbonyl (C=O) groups is 1. The van der Waals surface area contributed by atoms with Gasteiger partial charge in [-0.2, -0.15) is 0 Å². The van der Waals surface area contributed by atoms with E-state index in [0.717, 1.165) is 16.5 Å². The molecule has 6 nitrogen and oxygen atoms in total. The van der Waals surface area contributed by atoms with Crippen molar-refractivity contribution in [1.29, 1.82) is 0 Å². The van der Waals surface area contributed by atoms with E-state index in [4.69, 9.17) is 20.8 Å². The van der Waals surface area contributed by atoms with Crippen LogP contribution in [0.4, 0.5) is 0 Å². The van der Waals surface area contributed by atoms with E-state index >= 15 is 0 Å². The Morgan fingerprint density at radius 3 is 2.83 bits per heavy atom. The molecule has 1 amide bonds. The first-order valence-electron chi connectivity index (χ1n) is 9.08. The van der Waals surface area contributed by atoms with Crippen LogP contribution in [0.5, 0.6) is 5.75 Å². The summed E-state index contributed by atoms with van der Waals surface area (Å²) in [5.74, 6) is 1.32. The molecule has 1 atom stereocenters. The van der Waals surface area contributed by atoms with Crippen LogP contribution in [0, 0.1) is 6.92 Å². The summed E-state index contributed by atoms with van der Waals surface area (Å²) in [6, 6.07) is 12.4. The van der Waals surface area contributed by atoms with Crippen LogP contribution in [0.2, 0.25) is 5.02 Å². The smallest absolute Gasteiger partial charge is 0.288 e. The fourth-order valence-corrected chi connectivity index (χ4v) is 3.55. The molecule has 148 valence electrons. The SMILES string of the molecule is COc1cccc(C(NC(=O)c2oc3ccc(Cl)cc3c2C)c2nccn2C)c1. The molecule has 2 aromatic heterocycles. The third-order valence-corrected chi connectivity index (χ3v) is 5.16. The number of amides is 1. The van der Waals surface area contributed by atoms with Gasteiger partial charge in [0.05, 0.1) is 7.11 Å². The van der Waals surface area contributed by atoms with Crippen LogP contribution in [0.25, 0.3) is 11.0 Å². The van der Waals surface area contributed by atoms with E-state index in [1.54, 1.807) is 31.5 Å². The van der Waals surface area contributed by atoms with Crippen LogP contribution in [0.3, 0.4) is 0 Å². The Morgan fingerprint density at radius 1 is 1.28 bits per heavy atom.